The van der Waals surface area contributed by atoms with E-state index in [0.29, 0.717) is 6.04 Å². The number of aromatic nitrogens is 3. The van der Waals surface area contributed by atoms with Crippen LogP contribution in [0.1, 0.15) is 11.4 Å². The number of rotatable bonds is 2. The van der Waals surface area contributed by atoms with E-state index >= 15 is 0 Å². The molecule has 1 N–H and O–H groups in total. The summed E-state index contributed by atoms with van der Waals surface area (Å²) in [6, 6.07) is 0.546. The van der Waals surface area contributed by atoms with E-state index in [4.69, 9.17) is 0 Å². The summed E-state index contributed by atoms with van der Waals surface area (Å²) in [5, 5.41) is 12.0. The van der Waals surface area contributed by atoms with Gasteiger partial charge in [-0.25, -0.2) is 4.68 Å². The van der Waals surface area contributed by atoms with Crippen LogP contribution in [0.15, 0.2) is 0 Å². The standard InChI is InChI=1S/C12H22N6/c1-16-5-6-17(2)10(8-16)9-18-12-3-4-13-7-11(12)14-15-18/h10,13H,3-9H2,1-2H3. The molecule has 6 nitrogen and oxygen atoms in total. The van der Waals surface area contributed by atoms with Crippen molar-refractivity contribution >= 4 is 0 Å². The Labute approximate surface area is 108 Å². The lowest BCUT2D eigenvalue weighted by molar-refractivity contribution is 0.0994. The first kappa shape index (κ1) is 12.1. The number of nitrogens with one attached hydrogen (secondary N) is 1. The van der Waals surface area contributed by atoms with Crippen LogP contribution in [0.25, 0.3) is 0 Å². The van der Waals surface area contributed by atoms with Gasteiger partial charge in [-0.2, -0.15) is 0 Å². The largest absolute Gasteiger partial charge is 0.311 e. The van der Waals surface area contributed by atoms with Crippen molar-refractivity contribution in [1.29, 1.82) is 0 Å². The van der Waals surface area contributed by atoms with Gasteiger partial charge < -0.3 is 10.2 Å². The quantitative estimate of drug-likeness (QED) is 0.742. The lowest BCUT2D eigenvalue weighted by atomic mass is 10.1. The van der Waals surface area contributed by atoms with E-state index in [0.717, 1.165) is 51.4 Å². The van der Waals surface area contributed by atoms with Crippen LogP contribution < -0.4 is 5.32 Å². The summed E-state index contributed by atoms with van der Waals surface area (Å²) in [4.78, 5) is 4.84. The van der Waals surface area contributed by atoms with Crippen molar-refractivity contribution in [3.05, 3.63) is 11.4 Å². The molecule has 2 aliphatic rings. The highest BCUT2D eigenvalue weighted by Gasteiger charge is 2.25. The molecule has 100 valence electrons. The van der Waals surface area contributed by atoms with Crippen molar-refractivity contribution in [2.75, 3.05) is 40.3 Å². The van der Waals surface area contributed by atoms with Crippen molar-refractivity contribution < 1.29 is 0 Å². The van der Waals surface area contributed by atoms with Gasteiger partial charge in [-0.15, -0.1) is 5.10 Å². The SMILES string of the molecule is CN1CCN(C)C(Cn2nnc3c2CCNC3)C1. The molecule has 0 aromatic carbocycles. The minimum atomic E-state index is 0.546. The van der Waals surface area contributed by atoms with E-state index in [2.05, 4.69) is 44.2 Å². The Bertz CT molecular complexity index is 415. The molecule has 3 rings (SSSR count). The van der Waals surface area contributed by atoms with E-state index in [1.807, 2.05) is 0 Å². The average molecular weight is 250 g/mol. The van der Waals surface area contributed by atoms with Gasteiger partial charge in [0, 0.05) is 45.2 Å². The summed E-state index contributed by atoms with van der Waals surface area (Å²) in [7, 11) is 4.41. The predicted molar refractivity (Wildman–Crippen MR) is 69.3 cm³/mol. The topological polar surface area (TPSA) is 49.2 Å². The van der Waals surface area contributed by atoms with E-state index in [1.54, 1.807) is 0 Å². The van der Waals surface area contributed by atoms with Gasteiger partial charge in [-0.1, -0.05) is 5.21 Å². The van der Waals surface area contributed by atoms with E-state index in [9.17, 15) is 0 Å². The second kappa shape index (κ2) is 4.95. The molecule has 0 spiro atoms. The first-order valence-corrected chi connectivity index (χ1v) is 6.75. The molecule has 1 unspecified atom stereocenters. The maximum absolute atomic E-state index is 4.33. The molecule has 0 saturated carbocycles. The van der Waals surface area contributed by atoms with Gasteiger partial charge in [-0.3, -0.25) is 4.90 Å². The van der Waals surface area contributed by atoms with Gasteiger partial charge in [-0.05, 0) is 14.1 Å². The van der Waals surface area contributed by atoms with Crippen LogP contribution >= 0.6 is 0 Å². The summed E-state index contributed by atoms with van der Waals surface area (Å²) >= 11 is 0. The van der Waals surface area contributed by atoms with Crippen LogP contribution in [0, 0.1) is 0 Å². The lowest BCUT2D eigenvalue weighted by Crippen LogP contribution is -2.51. The molecule has 1 fully saturated rings. The van der Waals surface area contributed by atoms with Crippen LogP contribution in [-0.2, 0) is 19.5 Å². The third kappa shape index (κ3) is 2.28. The molecular weight excluding hydrogens is 228 g/mol. The van der Waals surface area contributed by atoms with Crippen molar-refractivity contribution in [3.63, 3.8) is 0 Å². The van der Waals surface area contributed by atoms with E-state index in [1.165, 1.54) is 5.69 Å². The molecule has 0 bridgehead atoms. The first-order chi connectivity index (χ1) is 8.74. The van der Waals surface area contributed by atoms with Crippen molar-refractivity contribution in [2.45, 2.75) is 25.6 Å². The maximum Gasteiger partial charge on any atom is 0.0997 e. The third-order valence-electron chi connectivity index (χ3n) is 4.11. The molecule has 0 aliphatic carbocycles. The highest BCUT2D eigenvalue weighted by Crippen LogP contribution is 2.14. The lowest BCUT2D eigenvalue weighted by Gasteiger charge is -2.37. The van der Waals surface area contributed by atoms with Crippen molar-refractivity contribution in [1.82, 2.24) is 30.1 Å². The Morgan fingerprint density at radius 2 is 2.22 bits per heavy atom. The van der Waals surface area contributed by atoms with Gasteiger partial charge in [0.2, 0.25) is 0 Å². The second-order valence-electron chi connectivity index (χ2n) is 5.49. The molecule has 1 aromatic heterocycles. The molecule has 2 aliphatic heterocycles. The summed E-state index contributed by atoms with van der Waals surface area (Å²) in [6.45, 7) is 6.29. The van der Waals surface area contributed by atoms with E-state index < -0.39 is 0 Å². The summed E-state index contributed by atoms with van der Waals surface area (Å²) in [6.07, 6.45) is 1.05. The van der Waals surface area contributed by atoms with Crippen molar-refractivity contribution in [3.8, 4) is 0 Å². The Morgan fingerprint density at radius 1 is 1.33 bits per heavy atom. The van der Waals surface area contributed by atoms with Crippen LogP contribution in [0.5, 0.6) is 0 Å². The number of nitrogens with zero attached hydrogens (tertiary/aromatic N) is 5. The molecular formula is C12H22N6. The molecule has 1 atom stereocenters. The fourth-order valence-electron chi connectivity index (χ4n) is 2.84. The molecule has 3 heterocycles. The second-order valence-corrected chi connectivity index (χ2v) is 5.49. The number of hydrogen-bond donors (Lipinski definition) is 1. The molecule has 1 saturated heterocycles. The normalized spacial score (nSPS) is 26.2. The number of hydrogen-bond acceptors (Lipinski definition) is 5. The minimum absolute atomic E-state index is 0.546. The molecule has 0 amide bonds. The third-order valence-corrected chi connectivity index (χ3v) is 4.11. The molecule has 18 heavy (non-hydrogen) atoms. The van der Waals surface area contributed by atoms with Gasteiger partial charge in [0.25, 0.3) is 0 Å². The van der Waals surface area contributed by atoms with Crippen LogP contribution in [0.2, 0.25) is 0 Å². The molecule has 1 aromatic rings. The highest BCUT2D eigenvalue weighted by atomic mass is 15.4. The Balaban J connectivity index is 1.73. The predicted octanol–water partition coefficient (Wildman–Crippen LogP) is -0.830. The smallest absolute Gasteiger partial charge is 0.0997 e. The number of likely N-dealkylation sites (N-methyl/N-ethyl adjacent to an activating group) is 2. The maximum atomic E-state index is 4.33. The molecule has 0 radical (unpaired) electrons. The highest BCUT2D eigenvalue weighted by molar-refractivity contribution is 5.13. The van der Waals surface area contributed by atoms with Gasteiger partial charge >= 0.3 is 0 Å². The Hall–Kier alpha value is -0.980. The Morgan fingerprint density at radius 3 is 3.11 bits per heavy atom. The fraction of sp³-hybridized carbons (Fsp3) is 0.833. The molecule has 6 heteroatoms. The van der Waals surface area contributed by atoms with E-state index in [-0.39, 0.29) is 0 Å². The summed E-state index contributed by atoms with van der Waals surface area (Å²) < 4.78 is 2.12. The number of fused-ring (bicyclic) bond motifs is 1. The van der Waals surface area contributed by atoms with Gasteiger partial charge in [0.05, 0.1) is 17.9 Å². The summed E-state index contributed by atoms with van der Waals surface area (Å²) in [5.74, 6) is 0. The fourth-order valence-corrected chi connectivity index (χ4v) is 2.84. The first-order valence-electron chi connectivity index (χ1n) is 6.75. The van der Waals surface area contributed by atoms with Crippen LogP contribution in [0.4, 0.5) is 0 Å². The number of piperazine rings is 1. The zero-order chi connectivity index (χ0) is 12.5. The van der Waals surface area contributed by atoms with Gasteiger partial charge in [0.1, 0.15) is 0 Å². The Kier molecular flexibility index (Phi) is 3.32. The monoisotopic (exact) mass is 250 g/mol. The minimum Gasteiger partial charge on any atom is -0.311 e. The van der Waals surface area contributed by atoms with Crippen LogP contribution in [-0.4, -0.2) is 71.1 Å². The van der Waals surface area contributed by atoms with Crippen LogP contribution in [0.3, 0.4) is 0 Å². The zero-order valence-corrected chi connectivity index (χ0v) is 11.3. The summed E-state index contributed by atoms with van der Waals surface area (Å²) in [5.41, 5.74) is 2.46. The van der Waals surface area contributed by atoms with Crippen molar-refractivity contribution in [2.24, 2.45) is 0 Å². The average Bonchev–Trinajstić information content (AvgIpc) is 2.78. The van der Waals surface area contributed by atoms with Gasteiger partial charge in [0.15, 0.2) is 0 Å². The zero-order valence-electron chi connectivity index (χ0n) is 11.3.